The van der Waals surface area contributed by atoms with Gasteiger partial charge in [0, 0.05) is 26.2 Å². The zero-order valence-electron chi connectivity index (χ0n) is 11.9. The number of carbonyl (C=O) groups excluding carboxylic acids is 1. The van der Waals surface area contributed by atoms with E-state index >= 15 is 0 Å². The highest BCUT2D eigenvalue weighted by Gasteiger charge is 2.29. The second kappa shape index (κ2) is 6.28. The number of thiocarbonyl (C=S) groups is 1. The van der Waals surface area contributed by atoms with Crippen LogP contribution in [0.5, 0.6) is 0 Å². The van der Waals surface area contributed by atoms with Crippen LogP contribution in [0.2, 0.25) is 0 Å². The summed E-state index contributed by atoms with van der Waals surface area (Å²) in [4.78, 5) is 19.8. The number of nitrogens with zero attached hydrogens (tertiary/aromatic N) is 4. The van der Waals surface area contributed by atoms with Gasteiger partial charge in [0.25, 0.3) is 5.91 Å². The molecule has 1 amide bonds. The Morgan fingerprint density at radius 3 is 2.67 bits per heavy atom. The lowest BCUT2D eigenvalue weighted by Gasteiger charge is -2.16. The van der Waals surface area contributed by atoms with E-state index < -0.39 is 0 Å². The molecule has 0 aliphatic carbocycles. The molecule has 0 unspecified atom stereocenters. The van der Waals surface area contributed by atoms with Gasteiger partial charge in [-0.15, -0.1) is 0 Å². The third kappa shape index (κ3) is 2.94. The van der Waals surface area contributed by atoms with Crippen molar-refractivity contribution in [2.45, 2.75) is 13.8 Å². The predicted octanol–water partition coefficient (Wildman–Crippen LogP) is 2.22. The lowest BCUT2D eigenvalue weighted by Crippen LogP contribution is -2.22. The summed E-state index contributed by atoms with van der Waals surface area (Å²) in [7, 11) is 1.62. The Kier molecular flexibility index (Phi) is 4.65. The summed E-state index contributed by atoms with van der Waals surface area (Å²) in [6.45, 7) is 5.35. The number of oxazole rings is 1. The van der Waals surface area contributed by atoms with Crippen LogP contribution in [-0.2, 0) is 4.79 Å². The molecule has 0 radical (unpaired) electrons. The third-order valence-corrected chi connectivity index (χ3v) is 4.51. The van der Waals surface area contributed by atoms with E-state index in [1.807, 2.05) is 24.8 Å². The molecule has 110 valence electrons. The molecule has 0 aromatic carbocycles. The zero-order valence-corrected chi connectivity index (χ0v) is 13.5. The molecule has 1 aromatic rings. The van der Waals surface area contributed by atoms with Crippen molar-refractivity contribution in [3.05, 3.63) is 16.5 Å². The Morgan fingerprint density at radius 1 is 1.52 bits per heavy atom. The van der Waals surface area contributed by atoms with Crippen molar-refractivity contribution in [3.63, 3.8) is 0 Å². The van der Waals surface area contributed by atoms with Crippen LogP contribution in [0.25, 0.3) is 6.08 Å². The fourth-order valence-corrected chi connectivity index (χ4v) is 2.99. The summed E-state index contributed by atoms with van der Waals surface area (Å²) < 4.78 is 6.11. The van der Waals surface area contributed by atoms with Crippen LogP contribution in [0.15, 0.2) is 9.32 Å². The average molecular weight is 322 g/mol. The number of anilines is 1. The SMILES string of the molecule is CCN(CC)c1oc(C=C2SC(=S)N(C)C2=O)nc1C#N. The van der Waals surface area contributed by atoms with Gasteiger partial charge in [-0.3, -0.25) is 9.69 Å². The van der Waals surface area contributed by atoms with Crippen LogP contribution in [-0.4, -0.2) is 40.2 Å². The van der Waals surface area contributed by atoms with E-state index in [1.54, 1.807) is 7.05 Å². The van der Waals surface area contributed by atoms with Gasteiger partial charge in [-0.2, -0.15) is 10.2 Å². The Hall–Kier alpha value is -1.85. The smallest absolute Gasteiger partial charge is 0.266 e. The van der Waals surface area contributed by atoms with Crippen molar-refractivity contribution in [2.75, 3.05) is 25.0 Å². The number of nitriles is 1. The lowest BCUT2D eigenvalue weighted by molar-refractivity contribution is -0.121. The largest absolute Gasteiger partial charge is 0.420 e. The molecule has 2 heterocycles. The quantitative estimate of drug-likeness (QED) is 0.621. The summed E-state index contributed by atoms with van der Waals surface area (Å²) in [6, 6.07) is 2.02. The van der Waals surface area contributed by atoms with Gasteiger partial charge >= 0.3 is 0 Å². The van der Waals surface area contributed by atoms with Crippen LogP contribution >= 0.6 is 24.0 Å². The number of carbonyl (C=O) groups is 1. The summed E-state index contributed by atoms with van der Waals surface area (Å²) in [6.07, 6.45) is 1.52. The maximum Gasteiger partial charge on any atom is 0.266 e. The van der Waals surface area contributed by atoms with Crippen LogP contribution in [0.3, 0.4) is 0 Å². The molecule has 0 bridgehead atoms. The van der Waals surface area contributed by atoms with Crippen molar-refractivity contribution < 1.29 is 9.21 Å². The third-order valence-electron chi connectivity index (χ3n) is 3.02. The molecule has 0 spiro atoms. The van der Waals surface area contributed by atoms with Crippen LogP contribution in [0, 0.1) is 11.3 Å². The Labute approximate surface area is 132 Å². The predicted molar refractivity (Wildman–Crippen MR) is 85.7 cm³/mol. The minimum Gasteiger partial charge on any atom is -0.420 e. The van der Waals surface area contributed by atoms with Crippen LogP contribution < -0.4 is 4.90 Å². The van der Waals surface area contributed by atoms with E-state index in [0.717, 1.165) is 0 Å². The number of likely N-dealkylation sites (N-methyl/N-ethyl adjacent to an activating group) is 1. The first-order valence-electron chi connectivity index (χ1n) is 6.39. The van der Waals surface area contributed by atoms with Crippen molar-refractivity contribution in [3.8, 4) is 6.07 Å². The van der Waals surface area contributed by atoms with Crippen molar-refractivity contribution in [1.29, 1.82) is 5.26 Å². The molecular formula is C13H14N4O2S2. The monoisotopic (exact) mass is 322 g/mol. The molecule has 21 heavy (non-hydrogen) atoms. The first kappa shape index (κ1) is 15.5. The number of hydrogen-bond donors (Lipinski definition) is 0. The number of rotatable bonds is 4. The summed E-state index contributed by atoms with van der Waals surface area (Å²) >= 11 is 6.25. The minimum absolute atomic E-state index is 0.189. The van der Waals surface area contributed by atoms with E-state index in [0.29, 0.717) is 28.2 Å². The standard InChI is InChI=1S/C13H14N4O2S2/c1-4-17(5-2)12-8(7-14)15-10(19-12)6-9-11(18)16(3)13(20)21-9/h6H,4-5H2,1-3H3. The van der Waals surface area contributed by atoms with Gasteiger partial charge in [-0.05, 0) is 13.8 Å². The Bertz CT molecular complexity index is 656. The van der Waals surface area contributed by atoms with Gasteiger partial charge in [-0.25, -0.2) is 0 Å². The average Bonchev–Trinajstić information content (AvgIpc) is 2.98. The maximum absolute atomic E-state index is 11.9. The fraction of sp³-hybridized carbons (Fsp3) is 0.385. The Balaban J connectivity index is 2.37. The van der Waals surface area contributed by atoms with Gasteiger partial charge in [0.05, 0.1) is 4.91 Å². The molecule has 2 rings (SSSR count). The molecule has 1 aliphatic rings. The molecule has 8 heteroatoms. The van der Waals surface area contributed by atoms with E-state index in [-0.39, 0.29) is 17.5 Å². The van der Waals surface area contributed by atoms with Crippen LogP contribution in [0.1, 0.15) is 25.4 Å². The van der Waals surface area contributed by atoms with E-state index in [4.69, 9.17) is 21.9 Å². The van der Waals surface area contributed by atoms with E-state index in [1.165, 1.54) is 22.7 Å². The number of aromatic nitrogens is 1. The molecule has 6 nitrogen and oxygen atoms in total. The van der Waals surface area contributed by atoms with E-state index in [9.17, 15) is 4.79 Å². The molecule has 1 aliphatic heterocycles. The van der Waals surface area contributed by atoms with Gasteiger partial charge in [-0.1, -0.05) is 24.0 Å². The van der Waals surface area contributed by atoms with Crippen molar-refractivity contribution >= 4 is 46.2 Å². The highest BCUT2D eigenvalue weighted by molar-refractivity contribution is 8.26. The highest BCUT2D eigenvalue weighted by atomic mass is 32.2. The normalized spacial score (nSPS) is 16.7. The second-order valence-corrected chi connectivity index (χ2v) is 5.91. The maximum atomic E-state index is 11.9. The molecule has 0 saturated carbocycles. The van der Waals surface area contributed by atoms with Gasteiger partial charge in [0.1, 0.15) is 10.4 Å². The van der Waals surface area contributed by atoms with Crippen molar-refractivity contribution in [2.24, 2.45) is 0 Å². The van der Waals surface area contributed by atoms with Crippen molar-refractivity contribution in [1.82, 2.24) is 9.88 Å². The number of thioether (sulfide) groups is 1. The molecule has 1 fully saturated rings. The lowest BCUT2D eigenvalue weighted by atomic mass is 10.4. The molecular weight excluding hydrogens is 308 g/mol. The summed E-state index contributed by atoms with van der Waals surface area (Å²) in [5.74, 6) is 0.481. The minimum atomic E-state index is -0.189. The summed E-state index contributed by atoms with van der Waals surface area (Å²) in [5.41, 5.74) is 0.219. The first-order chi connectivity index (χ1) is 10.0. The number of amides is 1. The highest BCUT2D eigenvalue weighted by Crippen LogP contribution is 2.32. The van der Waals surface area contributed by atoms with Gasteiger partial charge in [0.15, 0.2) is 0 Å². The molecule has 0 atom stereocenters. The number of hydrogen-bond acceptors (Lipinski definition) is 7. The summed E-state index contributed by atoms with van der Waals surface area (Å²) in [5, 5.41) is 9.15. The van der Waals surface area contributed by atoms with Gasteiger partial charge in [0.2, 0.25) is 17.5 Å². The molecule has 1 saturated heterocycles. The zero-order chi connectivity index (χ0) is 15.6. The molecule has 1 aromatic heterocycles. The topological polar surface area (TPSA) is 73.4 Å². The Morgan fingerprint density at radius 2 is 2.19 bits per heavy atom. The van der Waals surface area contributed by atoms with E-state index in [2.05, 4.69) is 4.98 Å². The first-order valence-corrected chi connectivity index (χ1v) is 7.61. The van der Waals surface area contributed by atoms with Crippen LogP contribution in [0.4, 0.5) is 5.88 Å². The second-order valence-electron chi connectivity index (χ2n) is 4.23. The van der Waals surface area contributed by atoms with Gasteiger partial charge < -0.3 is 9.32 Å². The molecule has 0 N–H and O–H groups in total. The fourth-order valence-electron chi connectivity index (χ4n) is 1.85.